The lowest BCUT2D eigenvalue weighted by Crippen LogP contribution is -2.38. The maximum atomic E-state index is 12.6. The maximum absolute atomic E-state index is 12.6. The standard InChI is InChI=1S/C27H30N8O3/c1-16-12-18(13-19-24(16)32-26(31-19)21-5-3-11-37-21)38-23-14-22(29-15-30-23)34-9-6-17(7-10-34)35-20-4-2-8-28-25(20)33-27(35)36/h8,12-15,17,21H,2-7,9-11H2,1H3,(H,31,32)(H,33,36)/t21-/m0/s1. The Balaban J connectivity index is 1.06. The van der Waals surface area contributed by atoms with Crippen molar-refractivity contribution in [2.75, 3.05) is 24.6 Å². The molecule has 2 N–H and O–H groups in total. The largest absolute Gasteiger partial charge is 0.439 e. The average molecular weight is 515 g/mol. The number of rotatable bonds is 5. The van der Waals surface area contributed by atoms with Crippen LogP contribution in [0.25, 0.3) is 11.0 Å². The summed E-state index contributed by atoms with van der Waals surface area (Å²) in [7, 11) is 0. The maximum Gasteiger partial charge on any atom is 0.327 e. The summed E-state index contributed by atoms with van der Waals surface area (Å²) in [5.74, 6) is 3.60. The highest BCUT2D eigenvalue weighted by Gasteiger charge is 2.27. The topological polar surface area (TPSA) is 126 Å². The third kappa shape index (κ3) is 4.16. The van der Waals surface area contributed by atoms with Crippen LogP contribution < -0.4 is 15.3 Å². The molecule has 3 aliphatic heterocycles. The first kappa shape index (κ1) is 23.2. The van der Waals surface area contributed by atoms with Crippen LogP contribution in [0.5, 0.6) is 11.6 Å². The van der Waals surface area contributed by atoms with E-state index in [4.69, 9.17) is 14.5 Å². The number of hydrogen-bond donors (Lipinski definition) is 2. The van der Waals surface area contributed by atoms with E-state index in [9.17, 15) is 4.79 Å². The summed E-state index contributed by atoms with van der Waals surface area (Å²) in [5, 5.41) is 0. The lowest BCUT2D eigenvalue weighted by Gasteiger charge is -2.33. The molecule has 0 bridgehead atoms. The van der Waals surface area contributed by atoms with Gasteiger partial charge in [0.1, 0.15) is 29.8 Å². The van der Waals surface area contributed by atoms with Gasteiger partial charge in [-0.1, -0.05) is 0 Å². The minimum Gasteiger partial charge on any atom is -0.439 e. The number of hydrogen-bond acceptors (Lipinski definition) is 8. The number of benzene rings is 1. The molecule has 1 aromatic carbocycles. The SMILES string of the molecule is Cc1cc(Oc2cc(N3CCC(n4c5c([nH]c4=O)N=CCC5)CC3)ncn2)cc2[nH]c([C@@H]3CCCO3)nc12. The lowest BCUT2D eigenvalue weighted by atomic mass is 10.0. The number of nitrogens with one attached hydrogen (secondary N) is 2. The number of anilines is 1. The fraction of sp³-hybridized carbons (Fsp3) is 0.444. The second-order valence-corrected chi connectivity index (χ2v) is 10.2. The first-order valence-corrected chi connectivity index (χ1v) is 13.3. The molecule has 6 heterocycles. The quantitative estimate of drug-likeness (QED) is 0.407. The normalized spacial score (nSPS) is 19.8. The molecule has 0 spiro atoms. The highest BCUT2D eigenvalue weighted by atomic mass is 16.5. The van der Waals surface area contributed by atoms with Gasteiger partial charge in [-0.05, 0) is 57.1 Å². The van der Waals surface area contributed by atoms with Crippen LogP contribution in [0.2, 0.25) is 0 Å². The van der Waals surface area contributed by atoms with Crippen molar-refractivity contribution in [3.63, 3.8) is 0 Å². The molecule has 196 valence electrons. The van der Waals surface area contributed by atoms with E-state index in [1.165, 1.54) is 0 Å². The zero-order valence-electron chi connectivity index (χ0n) is 21.3. The Hall–Kier alpha value is -3.99. The Labute approximate surface area is 219 Å². The van der Waals surface area contributed by atoms with Gasteiger partial charge in [0.05, 0.1) is 16.7 Å². The molecular formula is C27H30N8O3. The zero-order chi connectivity index (χ0) is 25.6. The van der Waals surface area contributed by atoms with Gasteiger partial charge in [-0.2, -0.15) is 0 Å². The molecule has 11 nitrogen and oxygen atoms in total. The fourth-order valence-corrected chi connectivity index (χ4v) is 5.87. The van der Waals surface area contributed by atoms with E-state index in [-0.39, 0.29) is 17.8 Å². The van der Waals surface area contributed by atoms with Crippen LogP contribution in [0.4, 0.5) is 11.6 Å². The van der Waals surface area contributed by atoms with Crippen molar-refractivity contribution >= 4 is 28.9 Å². The summed E-state index contributed by atoms with van der Waals surface area (Å²) < 4.78 is 13.9. The smallest absolute Gasteiger partial charge is 0.327 e. The second kappa shape index (κ2) is 9.39. The molecule has 38 heavy (non-hydrogen) atoms. The summed E-state index contributed by atoms with van der Waals surface area (Å²) >= 11 is 0. The zero-order valence-corrected chi connectivity index (χ0v) is 21.3. The molecule has 4 aromatic rings. The van der Waals surface area contributed by atoms with Gasteiger partial charge in [-0.3, -0.25) is 9.55 Å². The summed E-state index contributed by atoms with van der Waals surface area (Å²) in [5.41, 5.74) is 3.86. The Kier molecular flexibility index (Phi) is 5.72. The minimum absolute atomic E-state index is 0.0366. The molecule has 0 amide bonds. The van der Waals surface area contributed by atoms with Gasteiger partial charge in [-0.15, -0.1) is 0 Å². The van der Waals surface area contributed by atoms with Crippen molar-refractivity contribution in [2.45, 2.75) is 57.6 Å². The van der Waals surface area contributed by atoms with E-state index in [2.05, 4.69) is 29.8 Å². The first-order valence-electron chi connectivity index (χ1n) is 13.3. The van der Waals surface area contributed by atoms with Crippen molar-refractivity contribution in [1.82, 2.24) is 29.5 Å². The molecule has 0 unspecified atom stereocenters. The number of ether oxygens (including phenoxy) is 2. The van der Waals surface area contributed by atoms with Gasteiger partial charge in [-0.25, -0.2) is 24.7 Å². The van der Waals surface area contributed by atoms with Crippen molar-refractivity contribution in [3.8, 4) is 11.6 Å². The first-order chi connectivity index (χ1) is 18.6. The fourth-order valence-electron chi connectivity index (χ4n) is 5.87. The Morgan fingerprint density at radius 2 is 2.00 bits per heavy atom. The molecule has 3 aliphatic rings. The van der Waals surface area contributed by atoms with Crippen LogP contribution in [0.3, 0.4) is 0 Å². The van der Waals surface area contributed by atoms with Crippen molar-refractivity contribution in [1.29, 1.82) is 0 Å². The van der Waals surface area contributed by atoms with Crippen molar-refractivity contribution < 1.29 is 9.47 Å². The van der Waals surface area contributed by atoms with E-state index < -0.39 is 0 Å². The third-order valence-corrected chi connectivity index (χ3v) is 7.75. The van der Waals surface area contributed by atoms with E-state index in [0.717, 1.165) is 92.2 Å². The van der Waals surface area contributed by atoms with E-state index in [0.29, 0.717) is 17.4 Å². The molecule has 7 rings (SSSR count). The van der Waals surface area contributed by atoms with Crippen LogP contribution in [0, 0.1) is 6.92 Å². The predicted octanol–water partition coefficient (Wildman–Crippen LogP) is 4.28. The number of piperidine rings is 1. The molecule has 1 atom stereocenters. The second-order valence-electron chi connectivity index (χ2n) is 10.2. The minimum atomic E-state index is -0.0577. The Bertz CT molecular complexity index is 1570. The van der Waals surface area contributed by atoms with Gasteiger partial charge in [0.2, 0.25) is 5.88 Å². The van der Waals surface area contributed by atoms with Crippen molar-refractivity contribution in [3.05, 3.63) is 52.1 Å². The molecule has 0 saturated carbocycles. The summed E-state index contributed by atoms with van der Waals surface area (Å²) in [6.45, 7) is 4.40. The molecule has 0 radical (unpaired) electrons. The summed E-state index contributed by atoms with van der Waals surface area (Å²) in [6, 6.07) is 5.98. The highest BCUT2D eigenvalue weighted by molar-refractivity contribution is 5.80. The monoisotopic (exact) mass is 514 g/mol. The average Bonchev–Trinajstić information content (AvgIpc) is 3.67. The summed E-state index contributed by atoms with van der Waals surface area (Å²) in [4.78, 5) is 39.2. The van der Waals surface area contributed by atoms with Gasteiger partial charge >= 0.3 is 5.69 Å². The number of fused-ring (bicyclic) bond motifs is 2. The number of aromatic nitrogens is 6. The molecule has 2 fully saturated rings. The Morgan fingerprint density at radius 3 is 2.84 bits per heavy atom. The summed E-state index contributed by atoms with van der Waals surface area (Å²) in [6.07, 6.45) is 8.94. The molecule has 0 aliphatic carbocycles. The van der Waals surface area contributed by atoms with E-state index >= 15 is 0 Å². The highest BCUT2D eigenvalue weighted by Crippen LogP contribution is 2.33. The van der Waals surface area contributed by atoms with Crippen LogP contribution in [-0.2, 0) is 11.2 Å². The number of imidazole rings is 2. The number of aromatic amines is 2. The van der Waals surface area contributed by atoms with Crippen molar-refractivity contribution in [2.24, 2.45) is 4.99 Å². The van der Waals surface area contributed by atoms with Gasteiger partial charge in [0, 0.05) is 44.1 Å². The van der Waals surface area contributed by atoms with Crippen LogP contribution in [0.1, 0.15) is 61.3 Å². The molecule has 3 aromatic heterocycles. The molecular weight excluding hydrogens is 484 g/mol. The molecule has 11 heteroatoms. The lowest BCUT2D eigenvalue weighted by molar-refractivity contribution is 0.106. The predicted molar refractivity (Wildman–Crippen MR) is 143 cm³/mol. The van der Waals surface area contributed by atoms with Crippen LogP contribution in [-0.4, -0.2) is 55.4 Å². The van der Waals surface area contributed by atoms with Crippen LogP contribution >= 0.6 is 0 Å². The Morgan fingerprint density at radius 1 is 1.11 bits per heavy atom. The number of nitrogens with zero attached hydrogens (tertiary/aromatic N) is 6. The van der Waals surface area contributed by atoms with Gasteiger partial charge in [0.25, 0.3) is 0 Å². The van der Waals surface area contributed by atoms with Gasteiger partial charge in [0.15, 0.2) is 5.82 Å². The van der Waals surface area contributed by atoms with E-state index in [1.807, 2.05) is 35.9 Å². The van der Waals surface area contributed by atoms with Crippen LogP contribution in [0.15, 0.2) is 34.3 Å². The number of aliphatic imine (C=N–C) groups is 1. The van der Waals surface area contributed by atoms with Gasteiger partial charge < -0.3 is 19.4 Å². The number of aryl methyl sites for hydroxylation is 1. The third-order valence-electron chi connectivity index (χ3n) is 7.75. The van der Waals surface area contributed by atoms with E-state index in [1.54, 1.807) is 6.33 Å². The molecule has 2 saturated heterocycles. The number of H-pyrrole nitrogens is 2.